The number of halogens is 1. The lowest BCUT2D eigenvalue weighted by Gasteiger charge is -2.02. The van der Waals surface area contributed by atoms with Crippen LogP contribution in [0.25, 0.3) is 6.08 Å². The van der Waals surface area contributed by atoms with Crippen molar-refractivity contribution < 1.29 is 4.79 Å². The van der Waals surface area contributed by atoms with Crippen LogP contribution >= 0.6 is 11.6 Å². The molecular formula is C15H16ClN3O. The van der Waals surface area contributed by atoms with Crippen LogP contribution in [0.1, 0.15) is 17.0 Å². The molecule has 1 heterocycles. The van der Waals surface area contributed by atoms with Crippen LogP contribution in [-0.4, -0.2) is 15.7 Å². The van der Waals surface area contributed by atoms with Crippen molar-refractivity contribution in [2.45, 2.75) is 13.5 Å². The number of carbonyl (C=O) groups excluding carboxylic acids is 1. The van der Waals surface area contributed by atoms with Gasteiger partial charge in [0.2, 0.25) is 5.91 Å². The zero-order valence-electron chi connectivity index (χ0n) is 11.4. The molecule has 5 heteroatoms. The number of hydrogen-bond donors (Lipinski definition) is 1. The molecule has 2 aromatic rings. The fourth-order valence-electron chi connectivity index (χ4n) is 1.84. The van der Waals surface area contributed by atoms with Gasteiger partial charge in [0.05, 0.1) is 17.9 Å². The standard InChI is InChI=1S/C15H16ClN3O/c1-11-9-13(19(2)18-11)10-17-15(20)8-7-12-5-3-4-6-14(12)16/h3-9H,10H2,1-2H3,(H,17,20)/b8-7+. The summed E-state index contributed by atoms with van der Waals surface area (Å²) in [5.41, 5.74) is 2.71. The molecule has 0 saturated carbocycles. The van der Waals surface area contributed by atoms with E-state index in [1.807, 2.05) is 38.2 Å². The summed E-state index contributed by atoms with van der Waals surface area (Å²) in [5.74, 6) is -0.163. The third-order valence-electron chi connectivity index (χ3n) is 2.86. The van der Waals surface area contributed by atoms with Gasteiger partial charge in [-0.25, -0.2) is 0 Å². The molecule has 0 radical (unpaired) electrons. The highest BCUT2D eigenvalue weighted by atomic mass is 35.5. The Balaban J connectivity index is 1.93. The van der Waals surface area contributed by atoms with Crippen LogP contribution in [0.3, 0.4) is 0 Å². The average molecular weight is 290 g/mol. The molecule has 0 aliphatic rings. The monoisotopic (exact) mass is 289 g/mol. The fourth-order valence-corrected chi connectivity index (χ4v) is 2.04. The molecule has 1 N–H and O–H groups in total. The molecule has 0 aliphatic heterocycles. The first-order chi connectivity index (χ1) is 9.56. The van der Waals surface area contributed by atoms with E-state index in [4.69, 9.17) is 11.6 Å². The Morgan fingerprint density at radius 1 is 1.45 bits per heavy atom. The van der Waals surface area contributed by atoms with Crippen LogP contribution in [0.5, 0.6) is 0 Å². The number of carbonyl (C=O) groups is 1. The van der Waals surface area contributed by atoms with Gasteiger partial charge in [-0.2, -0.15) is 5.10 Å². The summed E-state index contributed by atoms with van der Waals surface area (Å²) in [4.78, 5) is 11.7. The van der Waals surface area contributed by atoms with Gasteiger partial charge in [-0.3, -0.25) is 9.48 Å². The zero-order chi connectivity index (χ0) is 14.5. The van der Waals surface area contributed by atoms with Crippen molar-refractivity contribution >= 4 is 23.6 Å². The molecule has 2 rings (SSSR count). The van der Waals surface area contributed by atoms with Crippen molar-refractivity contribution in [2.75, 3.05) is 0 Å². The number of rotatable bonds is 4. The molecule has 20 heavy (non-hydrogen) atoms. The van der Waals surface area contributed by atoms with Gasteiger partial charge < -0.3 is 5.32 Å². The minimum Gasteiger partial charge on any atom is -0.347 e. The van der Waals surface area contributed by atoms with Crippen LogP contribution in [-0.2, 0) is 18.4 Å². The molecule has 0 bridgehead atoms. The van der Waals surface area contributed by atoms with E-state index in [0.717, 1.165) is 17.0 Å². The van der Waals surface area contributed by atoms with Gasteiger partial charge in [-0.1, -0.05) is 29.8 Å². The molecule has 0 atom stereocenters. The van der Waals surface area contributed by atoms with E-state index in [-0.39, 0.29) is 5.91 Å². The molecule has 0 fully saturated rings. The van der Waals surface area contributed by atoms with Crippen molar-refractivity contribution in [3.05, 3.63) is 58.4 Å². The third kappa shape index (κ3) is 3.71. The summed E-state index contributed by atoms with van der Waals surface area (Å²) in [5, 5.41) is 7.66. The number of benzene rings is 1. The SMILES string of the molecule is Cc1cc(CNC(=O)/C=C/c2ccccc2Cl)n(C)n1. The number of nitrogens with zero attached hydrogens (tertiary/aromatic N) is 2. The topological polar surface area (TPSA) is 46.9 Å². The first-order valence-electron chi connectivity index (χ1n) is 6.26. The Bertz CT molecular complexity index is 646. The molecule has 1 amide bonds. The minimum absolute atomic E-state index is 0.163. The molecule has 104 valence electrons. The Labute approximate surface area is 123 Å². The first-order valence-corrected chi connectivity index (χ1v) is 6.64. The third-order valence-corrected chi connectivity index (χ3v) is 3.21. The molecule has 0 aliphatic carbocycles. The van der Waals surface area contributed by atoms with Crippen molar-refractivity contribution in [3.8, 4) is 0 Å². The fraction of sp³-hybridized carbons (Fsp3) is 0.200. The maximum absolute atomic E-state index is 11.7. The van der Waals surface area contributed by atoms with Gasteiger partial charge in [-0.05, 0) is 30.7 Å². The summed E-state index contributed by atoms with van der Waals surface area (Å²) < 4.78 is 1.76. The quantitative estimate of drug-likeness (QED) is 0.880. The van der Waals surface area contributed by atoms with Gasteiger partial charge in [0.1, 0.15) is 0 Å². The Kier molecular flexibility index (Phi) is 4.58. The highest BCUT2D eigenvalue weighted by Gasteiger charge is 2.03. The lowest BCUT2D eigenvalue weighted by atomic mass is 10.2. The average Bonchev–Trinajstić information content (AvgIpc) is 2.74. The summed E-state index contributed by atoms with van der Waals surface area (Å²) in [7, 11) is 1.86. The second kappa shape index (κ2) is 6.39. The zero-order valence-corrected chi connectivity index (χ0v) is 12.2. The first kappa shape index (κ1) is 14.3. The largest absolute Gasteiger partial charge is 0.347 e. The summed E-state index contributed by atoms with van der Waals surface area (Å²) >= 11 is 6.01. The Hall–Kier alpha value is -2.07. The van der Waals surface area contributed by atoms with Gasteiger partial charge in [0.15, 0.2) is 0 Å². The van der Waals surface area contributed by atoms with E-state index in [2.05, 4.69) is 10.4 Å². The molecular weight excluding hydrogens is 274 g/mol. The van der Waals surface area contributed by atoms with Crippen molar-refractivity contribution in [1.82, 2.24) is 15.1 Å². The summed E-state index contributed by atoms with van der Waals surface area (Å²) in [6, 6.07) is 9.32. The van der Waals surface area contributed by atoms with E-state index in [1.165, 1.54) is 6.08 Å². The summed E-state index contributed by atoms with van der Waals surface area (Å²) in [6.45, 7) is 2.37. The minimum atomic E-state index is -0.163. The number of aromatic nitrogens is 2. The highest BCUT2D eigenvalue weighted by Crippen LogP contribution is 2.16. The molecule has 1 aromatic heterocycles. The second-order valence-corrected chi connectivity index (χ2v) is 4.88. The Morgan fingerprint density at radius 3 is 2.85 bits per heavy atom. The van der Waals surface area contributed by atoms with E-state index >= 15 is 0 Å². The van der Waals surface area contributed by atoms with Crippen LogP contribution in [0.4, 0.5) is 0 Å². The number of nitrogens with one attached hydrogen (secondary N) is 1. The second-order valence-electron chi connectivity index (χ2n) is 4.47. The van der Waals surface area contributed by atoms with Crippen molar-refractivity contribution in [2.24, 2.45) is 7.05 Å². The molecule has 1 aromatic carbocycles. The van der Waals surface area contributed by atoms with E-state index in [9.17, 15) is 4.79 Å². The predicted octanol–water partition coefficient (Wildman–Crippen LogP) is 2.71. The smallest absolute Gasteiger partial charge is 0.244 e. The maximum Gasteiger partial charge on any atom is 0.244 e. The van der Waals surface area contributed by atoms with Gasteiger partial charge >= 0.3 is 0 Å². The highest BCUT2D eigenvalue weighted by molar-refractivity contribution is 6.32. The molecule has 0 spiro atoms. The van der Waals surface area contributed by atoms with Crippen molar-refractivity contribution in [3.63, 3.8) is 0 Å². The number of amides is 1. The lowest BCUT2D eigenvalue weighted by Crippen LogP contribution is -2.21. The van der Waals surface area contributed by atoms with Crippen molar-refractivity contribution in [1.29, 1.82) is 0 Å². The van der Waals surface area contributed by atoms with Gasteiger partial charge in [0.25, 0.3) is 0 Å². The van der Waals surface area contributed by atoms with Crippen LogP contribution in [0.2, 0.25) is 5.02 Å². The number of aryl methyl sites for hydroxylation is 2. The molecule has 4 nitrogen and oxygen atoms in total. The lowest BCUT2D eigenvalue weighted by molar-refractivity contribution is -0.116. The predicted molar refractivity (Wildman–Crippen MR) is 80.3 cm³/mol. The van der Waals surface area contributed by atoms with Gasteiger partial charge in [-0.15, -0.1) is 0 Å². The maximum atomic E-state index is 11.7. The van der Waals surface area contributed by atoms with Crippen LogP contribution in [0.15, 0.2) is 36.4 Å². The molecule has 0 unspecified atom stereocenters. The Morgan fingerprint density at radius 2 is 2.20 bits per heavy atom. The van der Waals surface area contributed by atoms with Crippen LogP contribution < -0.4 is 5.32 Å². The summed E-state index contributed by atoms with van der Waals surface area (Å²) in [6.07, 6.45) is 3.18. The number of hydrogen-bond acceptors (Lipinski definition) is 2. The van der Waals surface area contributed by atoms with Crippen LogP contribution in [0, 0.1) is 6.92 Å². The van der Waals surface area contributed by atoms with E-state index in [0.29, 0.717) is 11.6 Å². The van der Waals surface area contributed by atoms with E-state index in [1.54, 1.807) is 16.8 Å². The normalized spacial score (nSPS) is 10.9. The molecule has 0 saturated heterocycles. The van der Waals surface area contributed by atoms with E-state index < -0.39 is 0 Å². The van der Waals surface area contributed by atoms with Gasteiger partial charge in [0, 0.05) is 18.1 Å².